The molecule has 0 bridgehead atoms. The van der Waals surface area contributed by atoms with E-state index in [-0.39, 0.29) is 18.2 Å². The number of rotatable bonds is 6. The Labute approximate surface area is 171 Å². The highest BCUT2D eigenvalue weighted by atomic mass is 32.1. The molecule has 0 atom stereocenters. The first kappa shape index (κ1) is 19.1. The molecule has 1 fully saturated rings. The number of tetrazole rings is 1. The summed E-state index contributed by atoms with van der Waals surface area (Å²) in [5, 5.41) is 15.6. The van der Waals surface area contributed by atoms with E-state index in [2.05, 4.69) is 37.9 Å². The zero-order valence-electron chi connectivity index (χ0n) is 15.8. The highest BCUT2D eigenvalue weighted by Gasteiger charge is 2.21. The molecule has 1 N–H and O–H groups in total. The number of carbonyl (C=O) groups is 2. The third-order valence-corrected chi connectivity index (χ3v) is 5.73. The Morgan fingerprint density at radius 1 is 1.07 bits per heavy atom. The summed E-state index contributed by atoms with van der Waals surface area (Å²) in [4.78, 5) is 29.6. The Bertz CT molecular complexity index is 950. The van der Waals surface area contributed by atoms with Crippen LogP contribution < -0.4 is 10.2 Å². The SMILES string of the molecule is O=C(NCCC(=O)N1CCN(c2ccccc2)CC1)c1sccc1-n1cnnn1. The number of anilines is 1. The predicted octanol–water partition coefficient (Wildman–Crippen LogP) is 1.19. The van der Waals surface area contributed by atoms with E-state index in [9.17, 15) is 9.59 Å². The molecular formula is C19H21N7O2S. The Morgan fingerprint density at radius 3 is 2.59 bits per heavy atom. The van der Waals surface area contributed by atoms with E-state index in [1.165, 1.54) is 28.0 Å². The first-order valence-corrected chi connectivity index (χ1v) is 10.3. The summed E-state index contributed by atoms with van der Waals surface area (Å²) in [5.74, 6) is -0.169. The second kappa shape index (κ2) is 8.82. The van der Waals surface area contributed by atoms with Gasteiger partial charge in [0.1, 0.15) is 11.2 Å². The lowest BCUT2D eigenvalue weighted by Crippen LogP contribution is -2.49. The molecule has 0 aliphatic carbocycles. The largest absolute Gasteiger partial charge is 0.368 e. The van der Waals surface area contributed by atoms with Crippen LogP contribution in [0.25, 0.3) is 5.69 Å². The number of piperazine rings is 1. The van der Waals surface area contributed by atoms with Crippen molar-refractivity contribution in [2.75, 3.05) is 37.6 Å². The molecule has 1 aliphatic rings. The first-order chi connectivity index (χ1) is 14.2. The number of thiophene rings is 1. The van der Waals surface area contributed by atoms with Crippen LogP contribution in [-0.4, -0.2) is 69.6 Å². The number of amides is 2. The van der Waals surface area contributed by atoms with Gasteiger partial charge in [-0.1, -0.05) is 18.2 Å². The van der Waals surface area contributed by atoms with Crippen LogP contribution in [0.3, 0.4) is 0 Å². The fourth-order valence-electron chi connectivity index (χ4n) is 3.30. The molecule has 2 amide bonds. The smallest absolute Gasteiger partial charge is 0.263 e. The lowest BCUT2D eigenvalue weighted by molar-refractivity contribution is -0.131. The maximum Gasteiger partial charge on any atom is 0.263 e. The number of hydrogen-bond donors (Lipinski definition) is 1. The zero-order chi connectivity index (χ0) is 20.1. The van der Waals surface area contributed by atoms with Gasteiger partial charge in [-0.05, 0) is 34.0 Å². The van der Waals surface area contributed by atoms with Crippen molar-refractivity contribution >= 4 is 28.8 Å². The van der Waals surface area contributed by atoms with Gasteiger partial charge in [0.15, 0.2) is 0 Å². The number of nitrogens with zero attached hydrogens (tertiary/aromatic N) is 6. The standard InChI is InChI=1S/C19H21N7O2S/c27-17(25-11-9-24(10-12-25)15-4-2-1-3-5-15)6-8-20-19(28)18-16(7-13-29-18)26-14-21-22-23-26/h1-5,7,13-14H,6,8-12H2,(H,20,28). The van der Waals surface area contributed by atoms with Crippen LogP contribution in [0.2, 0.25) is 0 Å². The molecule has 1 saturated heterocycles. The number of carbonyl (C=O) groups excluding carboxylic acids is 2. The molecule has 10 heteroatoms. The Hall–Kier alpha value is -3.27. The molecular weight excluding hydrogens is 390 g/mol. The molecule has 150 valence electrons. The number of benzene rings is 1. The zero-order valence-corrected chi connectivity index (χ0v) is 16.6. The minimum Gasteiger partial charge on any atom is -0.368 e. The second-order valence-electron chi connectivity index (χ2n) is 6.60. The van der Waals surface area contributed by atoms with Gasteiger partial charge in [-0.3, -0.25) is 9.59 Å². The quantitative estimate of drug-likeness (QED) is 0.655. The summed E-state index contributed by atoms with van der Waals surface area (Å²) in [6, 6.07) is 12.0. The summed E-state index contributed by atoms with van der Waals surface area (Å²) in [6.45, 7) is 3.30. The molecule has 2 aromatic heterocycles. The van der Waals surface area contributed by atoms with E-state index in [4.69, 9.17) is 0 Å². The molecule has 9 nitrogen and oxygen atoms in total. The first-order valence-electron chi connectivity index (χ1n) is 9.39. The van der Waals surface area contributed by atoms with Gasteiger partial charge in [-0.2, -0.15) is 4.68 Å². The average Bonchev–Trinajstić information content (AvgIpc) is 3.46. The summed E-state index contributed by atoms with van der Waals surface area (Å²) in [7, 11) is 0. The van der Waals surface area contributed by atoms with Crippen molar-refractivity contribution in [3.05, 3.63) is 53.0 Å². The van der Waals surface area contributed by atoms with E-state index >= 15 is 0 Å². The van der Waals surface area contributed by atoms with Crippen LogP contribution in [0.5, 0.6) is 0 Å². The Kier molecular flexibility index (Phi) is 5.80. The van der Waals surface area contributed by atoms with Crippen molar-refractivity contribution in [1.82, 2.24) is 30.4 Å². The number of hydrogen-bond acceptors (Lipinski definition) is 7. The van der Waals surface area contributed by atoms with Gasteiger partial charge in [0.2, 0.25) is 5.91 Å². The topological polar surface area (TPSA) is 96.2 Å². The summed E-state index contributed by atoms with van der Waals surface area (Å²) in [6.07, 6.45) is 1.72. The summed E-state index contributed by atoms with van der Waals surface area (Å²) < 4.78 is 1.45. The Balaban J connectivity index is 1.24. The maximum atomic E-state index is 12.5. The highest BCUT2D eigenvalue weighted by molar-refractivity contribution is 7.12. The second-order valence-corrected chi connectivity index (χ2v) is 7.51. The highest BCUT2D eigenvalue weighted by Crippen LogP contribution is 2.20. The van der Waals surface area contributed by atoms with Gasteiger partial charge in [0, 0.05) is 44.8 Å². The number of para-hydroxylation sites is 1. The van der Waals surface area contributed by atoms with Crippen LogP contribution in [0.15, 0.2) is 48.1 Å². The van der Waals surface area contributed by atoms with Crippen molar-refractivity contribution in [2.24, 2.45) is 0 Å². The molecule has 0 radical (unpaired) electrons. The molecule has 29 heavy (non-hydrogen) atoms. The van der Waals surface area contributed by atoms with Gasteiger partial charge in [-0.25, -0.2) is 0 Å². The van der Waals surface area contributed by atoms with Crippen molar-refractivity contribution in [1.29, 1.82) is 0 Å². The van der Waals surface area contributed by atoms with Crippen molar-refractivity contribution < 1.29 is 9.59 Å². The molecule has 0 spiro atoms. The third-order valence-electron chi connectivity index (χ3n) is 4.82. The van der Waals surface area contributed by atoms with Crippen LogP contribution in [0.1, 0.15) is 16.1 Å². The van der Waals surface area contributed by atoms with Gasteiger partial charge >= 0.3 is 0 Å². The lowest BCUT2D eigenvalue weighted by atomic mass is 10.2. The maximum absolute atomic E-state index is 12.5. The van der Waals surface area contributed by atoms with E-state index in [1.54, 1.807) is 6.07 Å². The fraction of sp³-hybridized carbons (Fsp3) is 0.316. The molecule has 3 aromatic rings. The number of nitrogens with one attached hydrogen (secondary N) is 1. The van der Waals surface area contributed by atoms with E-state index in [1.807, 2.05) is 28.5 Å². The molecule has 3 heterocycles. The summed E-state index contributed by atoms with van der Waals surface area (Å²) in [5.41, 5.74) is 1.81. The van der Waals surface area contributed by atoms with Gasteiger partial charge in [-0.15, -0.1) is 16.4 Å². The van der Waals surface area contributed by atoms with Crippen LogP contribution in [0, 0.1) is 0 Å². The van der Waals surface area contributed by atoms with E-state index in [0.29, 0.717) is 30.2 Å². The minimum absolute atomic E-state index is 0.0601. The van der Waals surface area contributed by atoms with Crippen LogP contribution in [-0.2, 0) is 4.79 Å². The summed E-state index contributed by atoms with van der Waals surface area (Å²) >= 11 is 1.31. The molecule has 0 unspecified atom stereocenters. The normalized spacial score (nSPS) is 14.1. The molecule has 0 saturated carbocycles. The monoisotopic (exact) mass is 411 g/mol. The van der Waals surface area contributed by atoms with Crippen LogP contribution in [0.4, 0.5) is 5.69 Å². The van der Waals surface area contributed by atoms with Crippen molar-refractivity contribution in [3.8, 4) is 5.69 Å². The van der Waals surface area contributed by atoms with E-state index in [0.717, 1.165) is 13.1 Å². The minimum atomic E-state index is -0.229. The predicted molar refractivity (Wildman–Crippen MR) is 109 cm³/mol. The Morgan fingerprint density at radius 2 is 1.86 bits per heavy atom. The van der Waals surface area contributed by atoms with Crippen molar-refractivity contribution in [2.45, 2.75) is 6.42 Å². The van der Waals surface area contributed by atoms with Crippen LogP contribution >= 0.6 is 11.3 Å². The van der Waals surface area contributed by atoms with E-state index < -0.39 is 0 Å². The molecule has 1 aromatic carbocycles. The average molecular weight is 411 g/mol. The lowest BCUT2D eigenvalue weighted by Gasteiger charge is -2.36. The molecule has 4 rings (SSSR count). The fourth-order valence-corrected chi connectivity index (χ4v) is 4.09. The third kappa shape index (κ3) is 4.43. The molecule has 1 aliphatic heterocycles. The number of aromatic nitrogens is 4. The van der Waals surface area contributed by atoms with Gasteiger partial charge < -0.3 is 15.1 Å². The van der Waals surface area contributed by atoms with Crippen molar-refractivity contribution in [3.63, 3.8) is 0 Å². The van der Waals surface area contributed by atoms with Gasteiger partial charge in [0.05, 0.1) is 5.69 Å². The van der Waals surface area contributed by atoms with Gasteiger partial charge in [0.25, 0.3) is 5.91 Å².